The molecule has 0 aliphatic rings. The Balaban J connectivity index is 2.52. The van der Waals surface area contributed by atoms with Crippen LogP contribution in [0.15, 0.2) is 18.2 Å². The van der Waals surface area contributed by atoms with Gasteiger partial charge in [-0.05, 0) is 39.7 Å². The molecule has 0 aromatic heterocycles. The Hall–Kier alpha value is -1.35. The minimum Gasteiger partial charge on any atom is -0.394 e. The minimum absolute atomic E-state index is 0.0202. The second kappa shape index (κ2) is 6.01. The first kappa shape index (κ1) is 14.7. The average Bonchev–Trinajstić information content (AvgIpc) is 2.24. The lowest BCUT2D eigenvalue weighted by Crippen LogP contribution is -2.46. The Morgan fingerprint density at radius 1 is 1.22 bits per heavy atom. The average molecular weight is 249 g/mol. The highest BCUT2D eigenvalue weighted by molar-refractivity contribution is 5.77. The number of amides is 1. The van der Waals surface area contributed by atoms with Crippen molar-refractivity contribution >= 4 is 5.91 Å². The number of aryl methyl sites for hydroxylation is 3. The molecule has 0 atom stereocenters. The molecule has 0 fully saturated rings. The zero-order chi connectivity index (χ0) is 13.8. The second-order valence-electron chi connectivity index (χ2n) is 5.59. The van der Waals surface area contributed by atoms with Crippen molar-refractivity contribution in [3.63, 3.8) is 0 Å². The van der Waals surface area contributed by atoms with E-state index in [1.54, 1.807) is 0 Å². The van der Waals surface area contributed by atoms with Gasteiger partial charge in [0, 0.05) is 6.42 Å². The first-order valence-corrected chi connectivity index (χ1v) is 6.31. The summed E-state index contributed by atoms with van der Waals surface area (Å²) in [4.78, 5) is 11.7. The summed E-state index contributed by atoms with van der Waals surface area (Å²) in [7, 11) is 0. The Labute approximate surface area is 109 Å². The van der Waals surface area contributed by atoms with Gasteiger partial charge in [-0.15, -0.1) is 0 Å². The van der Waals surface area contributed by atoms with E-state index in [-0.39, 0.29) is 12.5 Å². The van der Waals surface area contributed by atoms with E-state index >= 15 is 0 Å². The first-order chi connectivity index (χ1) is 8.32. The summed E-state index contributed by atoms with van der Waals surface area (Å²) < 4.78 is 0. The number of hydrogen-bond acceptors (Lipinski definition) is 2. The monoisotopic (exact) mass is 249 g/mol. The predicted octanol–water partition coefficient (Wildman–Crippen LogP) is 2.12. The van der Waals surface area contributed by atoms with Crippen molar-refractivity contribution in [2.24, 2.45) is 0 Å². The normalized spacial score (nSPS) is 11.4. The number of benzene rings is 1. The van der Waals surface area contributed by atoms with Gasteiger partial charge in [0.15, 0.2) is 0 Å². The molecular weight excluding hydrogens is 226 g/mol. The molecule has 0 radical (unpaired) electrons. The van der Waals surface area contributed by atoms with Gasteiger partial charge in [-0.1, -0.05) is 29.3 Å². The van der Waals surface area contributed by atoms with E-state index in [2.05, 4.69) is 37.4 Å². The summed E-state index contributed by atoms with van der Waals surface area (Å²) in [6, 6.07) is 6.34. The van der Waals surface area contributed by atoms with Gasteiger partial charge in [0.05, 0.1) is 12.1 Å². The lowest BCUT2D eigenvalue weighted by Gasteiger charge is -2.23. The quantitative estimate of drug-likeness (QED) is 0.840. The molecule has 1 aromatic carbocycles. The van der Waals surface area contributed by atoms with Gasteiger partial charge >= 0.3 is 0 Å². The molecule has 0 aliphatic carbocycles. The molecule has 3 nitrogen and oxygen atoms in total. The fourth-order valence-electron chi connectivity index (χ4n) is 1.95. The summed E-state index contributed by atoms with van der Waals surface area (Å²) in [5.41, 5.74) is 3.09. The van der Waals surface area contributed by atoms with Crippen molar-refractivity contribution in [1.29, 1.82) is 0 Å². The van der Waals surface area contributed by atoms with Crippen molar-refractivity contribution in [3.8, 4) is 0 Å². The van der Waals surface area contributed by atoms with Crippen LogP contribution < -0.4 is 5.32 Å². The third kappa shape index (κ3) is 4.88. The lowest BCUT2D eigenvalue weighted by atomic mass is 10.0. The molecule has 0 aliphatic heterocycles. The van der Waals surface area contributed by atoms with Crippen LogP contribution in [0.2, 0.25) is 0 Å². The highest BCUT2D eigenvalue weighted by atomic mass is 16.3. The van der Waals surface area contributed by atoms with Crippen LogP contribution in [0, 0.1) is 13.8 Å². The largest absolute Gasteiger partial charge is 0.394 e. The number of rotatable bonds is 5. The van der Waals surface area contributed by atoms with Crippen LogP contribution in [-0.2, 0) is 11.2 Å². The number of aliphatic hydroxyl groups excluding tert-OH is 1. The van der Waals surface area contributed by atoms with E-state index < -0.39 is 5.54 Å². The van der Waals surface area contributed by atoms with E-state index in [0.717, 1.165) is 6.42 Å². The van der Waals surface area contributed by atoms with Crippen molar-refractivity contribution in [1.82, 2.24) is 5.32 Å². The molecular formula is C15H23NO2. The zero-order valence-electron chi connectivity index (χ0n) is 11.7. The molecule has 18 heavy (non-hydrogen) atoms. The van der Waals surface area contributed by atoms with Gasteiger partial charge in [0.1, 0.15) is 0 Å². The molecule has 0 unspecified atom stereocenters. The van der Waals surface area contributed by atoms with Gasteiger partial charge in [-0.3, -0.25) is 4.79 Å². The molecule has 1 aromatic rings. The summed E-state index contributed by atoms with van der Waals surface area (Å²) in [5.74, 6) is -0.0202. The van der Waals surface area contributed by atoms with E-state index in [1.165, 1.54) is 16.7 Å². The van der Waals surface area contributed by atoms with Crippen LogP contribution in [0.25, 0.3) is 0 Å². The van der Waals surface area contributed by atoms with Crippen molar-refractivity contribution in [3.05, 3.63) is 34.9 Å². The minimum atomic E-state index is -0.542. The summed E-state index contributed by atoms with van der Waals surface area (Å²) in [6.07, 6.45) is 1.18. The molecule has 0 saturated heterocycles. The number of carbonyl (C=O) groups is 1. The van der Waals surface area contributed by atoms with Crippen LogP contribution in [0.1, 0.15) is 37.0 Å². The smallest absolute Gasteiger partial charge is 0.220 e. The van der Waals surface area contributed by atoms with Gasteiger partial charge in [-0.25, -0.2) is 0 Å². The third-order valence-corrected chi connectivity index (χ3v) is 2.80. The number of carbonyl (C=O) groups excluding carboxylic acids is 1. The van der Waals surface area contributed by atoms with Gasteiger partial charge in [0.2, 0.25) is 5.91 Å². The molecule has 3 heteroatoms. The van der Waals surface area contributed by atoms with Gasteiger partial charge in [-0.2, -0.15) is 0 Å². The van der Waals surface area contributed by atoms with E-state index in [1.807, 2.05) is 13.8 Å². The maximum absolute atomic E-state index is 11.7. The Morgan fingerprint density at radius 3 is 2.28 bits per heavy atom. The fraction of sp³-hybridized carbons (Fsp3) is 0.533. The Kier molecular flexibility index (Phi) is 4.91. The van der Waals surface area contributed by atoms with Crippen LogP contribution in [0.3, 0.4) is 0 Å². The van der Waals surface area contributed by atoms with Gasteiger partial charge in [0.25, 0.3) is 0 Å². The molecule has 0 bridgehead atoms. The van der Waals surface area contributed by atoms with Crippen LogP contribution in [0.5, 0.6) is 0 Å². The van der Waals surface area contributed by atoms with Crippen molar-refractivity contribution in [2.75, 3.05) is 6.61 Å². The number of hydrogen-bond donors (Lipinski definition) is 2. The van der Waals surface area contributed by atoms with Crippen LogP contribution in [0.4, 0.5) is 0 Å². The maximum atomic E-state index is 11.7. The molecule has 1 amide bonds. The predicted molar refractivity (Wildman–Crippen MR) is 73.5 cm³/mol. The number of aliphatic hydroxyl groups is 1. The summed E-state index contributed by atoms with van der Waals surface area (Å²) in [5, 5.41) is 11.9. The van der Waals surface area contributed by atoms with E-state index in [9.17, 15) is 4.79 Å². The maximum Gasteiger partial charge on any atom is 0.220 e. The molecule has 0 spiro atoms. The molecule has 0 saturated carbocycles. The van der Waals surface area contributed by atoms with Crippen LogP contribution >= 0.6 is 0 Å². The third-order valence-electron chi connectivity index (χ3n) is 2.80. The zero-order valence-corrected chi connectivity index (χ0v) is 11.7. The van der Waals surface area contributed by atoms with Crippen molar-refractivity contribution in [2.45, 2.75) is 46.1 Å². The Morgan fingerprint density at radius 2 is 1.78 bits per heavy atom. The Bertz CT molecular complexity index is 404. The molecule has 1 rings (SSSR count). The SMILES string of the molecule is Cc1cc(C)cc(CCC(=O)NC(C)(C)CO)c1. The molecule has 100 valence electrons. The van der Waals surface area contributed by atoms with Crippen molar-refractivity contribution < 1.29 is 9.90 Å². The van der Waals surface area contributed by atoms with E-state index in [0.29, 0.717) is 6.42 Å². The molecule has 2 N–H and O–H groups in total. The highest BCUT2D eigenvalue weighted by Gasteiger charge is 2.18. The first-order valence-electron chi connectivity index (χ1n) is 6.31. The van der Waals surface area contributed by atoms with Crippen LogP contribution in [-0.4, -0.2) is 23.2 Å². The second-order valence-corrected chi connectivity index (χ2v) is 5.59. The number of nitrogens with one attached hydrogen (secondary N) is 1. The van der Waals surface area contributed by atoms with Gasteiger partial charge < -0.3 is 10.4 Å². The van der Waals surface area contributed by atoms with E-state index in [4.69, 9.17) is 5.11 Å². The lowest BCUT2D eigenvalue weighted by molar-refractivity contribution is -0.123. The summed E-state index contributed by atoms with van der Waals surface area (Å²) in [6.45, 7) is 7.68. The standard InChI is InChI=1S/C15H23NO2/c1-11-7-12(2)9-13(8-11)5-6-14(18)16-15(3,4)10-17/h7-9,17H,5-6,10H2,1-4H3,(H,16,18). The highest BCUT2D eigenvalue weighted by Crippen LogP contribution is 2.11. The fourth-order valence-corrected chi connectivity index (χ4v) is 1.95. The topological polar surface area (TPSA) is 49.3 Å². The molecule has 0 heterocycles. The summed E-state index contributed by atoms with van der Waals surface area (Å²) >= 11 is 0.